The summed E-state index contributed by atoms with van der Waals surface area (Å²) in [6.45, 7) is 7.80. The molecule has 0 aliphatic carbocycles. The lowest BCUT2D eigenvalue weighted by Gasteiger charge is -2.08. The lowest BCUT2D eigenvalue weighted by atomic mass is 10.0. The molecule has 2 aromatic rings. The molecule has 0 radical (unpaired) electrons. The van der Waals surface area contributed by atoms with Gasteiger partial charge in [-0.1, -0.05) is 32.0 Å². The van der Waals surface area contributed by atoms with Gasteiger partial charge in [0.1, 0.15) is 0 Å². The first kappa shape index (κ1) is 12.6. The molecule has 0 saturated carbocycles. The number of benzene rings is 1. The highest BCUT2D eigenvalue weighted by Crippen LogP contribution is 2.19. The van der Waals surface area contributed by atoms with Crippen molar-refractivity contribution in [3.63, 3.8) is 0 Å². The lowest BCUT2D eigenvalue weighted by molar-refractivity contribution is 0.0938. The van der Waals surface area contributed by atoms with Gasteiger partial charge >= 0.3 is 0 Å². The summed E-state index contributed by atoms with van der Waals surface area (Å²) in [7, 11) is 0. The number of carbonyl (C=O) groups is 1. The zero-order chi connectivity index (χ0) is 13.3. The molecule has 0 saturated heterocycles. The molecule has 1 heterocycles. The van der Waals surface area contributed by atoms with Crippen LogP contribution in [0.25, 0.3) is 5.69 Å². The highest BCUT2D eigenvalue weighted by molar-refractivity contribution is 5.98. The van der Waals surface area contributed by atoms with Crippen LogP contribution in [0.1, 0.15) is 35.5 Å². The number of nitrogens with zero attached hydrogens (tertiary/aromatic N) is 2. The van der Waals surface area contributed by atoms with Crippen molar-refractivity contribution in [3.8, 4) is 5.69 Å². The highest BCUT2D eigenvalue weighted by atomic mass is 16.1. The molecule has 3 heteroatoms. The Labute approximate surface area is 107 Å². The van der Waals surface area contributed by atoms with Crippen molar-refractivity contribution in [2.75, 3.05) is 0 Å². The molecule has 1 aromatic heterocycles. The Kier molecular flexibility index (Phi) is 3.32. The minimum absolute atomic E-state index is 0.00165. The number of para-hydroxylation sites is 1. The average Bonchev–Trinajstić information content (AvgIpc) is 2.71. The molecule has 0 unspecified atom stereocenters. The smallest absolute Gasteiger partial charge is 0.168 e. The van der Waals surface area contributed by atoms with Gasteiger partial charge in [0.25, 0.3) is 0 Å². The highest BCUT2D eigenvalue weighted by Gasteiger charge is 2.18. The zero-order valence-corrected chi connectivity index (χ0v) is 11.3. The number of hydrogen-bond donors (Lipinski definition) is 0. The molecule has 0 spiro atoms. The summed E-state index contributed by atoms with van der Waals surface area (Å²) in [6.07, 6.45) is 1.67. The van der Waals surface area contributed by atoms with E-state index in [1.807, 2.05) is 56.6 Å². The van der Waals surface area contributed by atoms with Crippen LogP contribution >= 0.6 is 0 Å². The molecule has 0 fully saturated rings. The second kappa shape index (κ2) is 4.77. The van der Waals surface area contributed by atoms with Crippen LogP contribution < -0.4 is 0 Å². The van der Waals surface area contributed by atoms with E-state index in [1.54, 1.807) is 6.20 Å². The van der Waals surface area contributed by atoms with Gasteiger partial charge in [-0.05, 0) is 25.5 Å². The van der Waals surface area contributed by atoms with Crippen LogP contribution in [0.5, 0.6) is 0 Å². The van der Waals surface area contributed by atoms with Gasteiger partial charge in [0.15, 0.2) is 5.78 Å². The Morgan fingerprint density at radius 2 is 1.89 bits per heavy atom. The minimum Gasteiger partial charge on any atom is -0.294 e. The van der Waals surface area contributed by atoms with Gasteiger partial charge < -0.3 is 0 Å². The van der Waals surface area contributed by atoms with E-state index >= 15 is 0 Å². The fourth-order valence-corrected chi connectivity index (χ4v) is 2.01. The Balaban J connectivity index is 2.50. The summed E-state index contributed by atoms with van der Waals surface area (Å²) in [5.41, 5.74) is 3.79. The van der Waals surface area contributed by atoms with Gasteiger partial charge in [-0.25, -0.2) is 4.68 Å². The summed E-state index contributed by atoms with van der Waals surface area (Å²) in [6, 6.07) is 8.03. The van der Waals surface area contributed by atoms with Crippen molar-refractivity contribution in [1.82, 2.24) is 9.78 Å². The van der Waals surface area contributed by atoms with Crippen LogP contribution in [0.15, 0.2) is 30.5 Å². The van der Waals surface area contributed by atoms with Crippen molar-refractivity contribution in [1.29, 1.82) is 0 Å². The predicted molar refractivity (Wildman–Crippen MR) is 72.2 cm³/mol. The third-order valence-electron chi connectivity index (χ3n) is 3.14. The molecule has 2 rings (SSSR count). The van der Waals surface area contributed by atoms with E-state index in [4.69, 9.17) is 0 Å². The number of aromatic nitrogens is 2. The molecule has 0 N–H and O–H groups in total. The number of ketones is 1. The number of aryl methyl sites for hydroxylation is 1. The van der Waals surface area contributed by atoms with Crippen molar-refractivity contribution in [2.24, 2.45) is 5.92 Å². The van der Waals surface area contributed by atoms with Gasteiger partial charge in [0.05, 0.1) is 23.1 Å². The fourth-order valence-electron chi connectivity index (χ4n) is 2.01. The van der Waals surface area contributed by atoms with Gasteiger partial charge in [0.2, 0.25) is 0 Å². The van der Waals surface area contributed by atoms with Crippen LogP contribution in [0.2, 0.25) is 0 Å². The quantitative estimate of drug-likeness (QED) is 0.774. The molecule has 0 amide bonds. The molecule has 0 aliphatic rings. The molecular formula is C15H18N2O. The van der Waals surface area contributed by atoms with Crippen molar-refractivity contribution < 1.29 is 4.79 Å². The second-order valence-corrected chi connectivity index (χ2v) is 4.86. The molecule has 94 valence electrons. The van der Waals surface area contributed by atoms with Crippen molar-refractivity contribution >= 4 is 5.78 Å². The second-order valence-electron chi connectivity index (χ2n) is 4.86. The van der Waals surface area contributed by atoms with Gasteiger partial charge in [-0.15, -0.1) is 0 Å². The van der Waals surface area contributed by atoms with Crippen LogP contribution in [-0.2, 0) is 0 Å². The fraction of sp³-hybridized carbons (Fsp3) is 0.333. The Bertz CT molecular complexity index is 582. The maximum absolute atomic E-state index is 12.0. The molecule has 0 bridgehead atoms. The van der Waals surface area contributed by atoms with E-state index in [9.17, 15) is 4.79 Å². The third kappa shape index (κ3) is 2.08. The number of rotatable bonds is 3. The van der Waals surface area contributed by atoms with Crippen molar-refractivity contribution in [3.05, 3.63) is 47.3 Å². The van der Waals surface area contributed by atoms with Crippen molar-refractivity contribution in [2.45, 2.75) is 27.7 Å². The first-order valence-corrected chi connectivity index (χ1v) is 6.17. The van der Waals surface area contributed by atoms with E-state index in [0.29, 0.717) is 5.56 Å². The lowest BCUT2D eigenvalue weighted by Crippen LogP contribution is -2.09. The SMILES string of the molecule is Cc1ccccc1-n1ncc(C(=O)C(C)C)c1C. The number of hydrogen-bond acceptors (Lipinski definition) is 2. The first-order chi connectivity index (χ1) is 8.52. The molecule has 0 atom stereocenters. The maximum Gasteiger partial charge on any atom is 0.168 e. The monoisotopic (exact) mass is 242 g/mol. The van der Waals surface area contributed by atoms with Gasteiger partial charge in [-0.3, -0.25) is 4.79 Å². The van der Waals surface area contributed by atoms with Crippen LogP contribution in [-0.4, -0.2) is 15.6 Å². The molecule has 3 nitrogen and oxygen atoms in total. The Hall–Kier alpha value is -1.90. The standard InChI is InChI=1S/C15H18N2O/c1-10(2)15(18)13-9-16-17(12(13)4)14-8-6-5-7-11(14)3/h5-10H,1-4H3. The Morgan fingerprint density at radius 1 is 1.22 bits per heavy atom. The van der Waals surface area contributed by atoms with Gasteiger partial charge in [0, 0.05) is 5.92 Å². The number of carbonyl (C=O) groups excluding carboxylic acids is 1. The van der Waals surface area contributed by atoms with E-state index in [0.717, 1.165) is 16.9 Å². The molecule has 0 aliphatic heterocycles. The van der Waals surface area contributed by atoms with E-state index in [1.165, 1.54) is 0 Å². The first-order valence-electron chi connectivity index (χ1n) is 6.17. The molecule has 18 heavy (non-hydrogen) atoms. The van der Waals surface area contributed by atoms with Crippen LogP contribution in [0.4, 0.5) is 0 Å². The predicted octanol–water partition coefficient (Wildman–Crippen LogP) is 3.33. The summed E-state index contributed by atoms with van der Waals surface area (Å²) < 4.78 is 1.84. The van der Waals surface area contributed by atoms with Crippen LogP contribution in [0, 0.1) is 19.8 Å². The Morgan fingerprint density at radius 3 is 2.50 bits per heavy atom. The zero-order valence-electron chi connectivity index (χ0n) is 11.3. The van der Waals surface area contributed by atoms with E-state index < -0.39 is 0 Å². The van der Waals surface area contributed by atoms with Crippen LogP contribution in [0.3, 0.4) is 0 Å². The largest absolute Gasteiger partial charge is 0.294 e. The van der Waals surface area contributed by atoms with E-state index in [-0.39, 0.29) is 11.7 Å². The summed E-state index contributed by atoms with van der Waals surface area (Å²) in [5, 5.41) is 4.35. The molecule has 1 aromatic carbocycles. The normalized spacial score (nSPS) is 10.9. The van der Waals surface area contributed by atoms with E-state index in [2.05, 4.69) is 5.10 Å². The molecular weight excluding hydrogens is 224 g/mol. The third-order valence-corrected chi connectivity index (χ3v) is 3.14. The topological polar surface area (TPSA) is 34.9 Å². The summed E-state index contributed by atoms with van der Waals surface area (Å²) in [4.78, 5) is 12.0. The van der Waals surface area contributed by atoms with Gasteiger partial charge in [-0.2, -0.15) is 5.10 Å². The average molecular weight is 242 g/mol. The number of Topliss-reactive ketones (excluding diaryl/α,β-unsaturated/α-hetero) is 1. The minimum atomic E-state index is -0.00165. The summed E-state index contributed by atoms with van der Waals surface area (Å²) in [5.74, 6) is 0.144. The maximum atomic E-state index is 12.0. The summed E-state index contributed by atoms with van der Waals surface area (Å²) >= 11 is 0.